The third-order valence-electron chi connectivity index (χ3n) is 4.75. The fourth-order valence-electron chi connectivity index (χ4n) is 3.57. The van der Waals surface area contributed by atoms with Gasteiger partial charge in [-0.05, 0) is 38.0 Å². The average Bonchev–Trinajstić information content (AvgIpc) is 2.66. The predicted molar refractivity (Wildman–Crippen MR) is 129 cm³/mol. The van der Waals surface area contributed by atoms with Crippen LogP contribution in [0.2, 0.25) is 0 Å². The van der Waals surface area contributed by atoms with Crippen LogP contribution >= 0.6 is 24.0 Å². The van der Waals surface area contributed by atoms with E-state index in [1.54, 1.807) is 7.11 Å². The lowest BCUT2D eigenvalue weighted by Gasteiger charge is -2.38. The molecule has 1 aliphatic heterocycles. The number of aliphatic imine (C=N–C) groups is 1. The summed E-state index contributed by atoms with van der Waals surface area (Å²) in [5.41, 5.74) is 3.28. The number of rotatable bonds is 6. The molecule has 0 radical (unpaired) electrons. The number of methoxy groups -OCH3 is 1. The molecule has 3 rings (SSSR count). The van der Waals surface area contributed by atoms with E-state index in [1.165, 1.54) is 11.1 Å². The second-order valence-corrected chi connectivity index (χ2v) is 7.75. The van der Waals surface area contributed by atoms with Gasteiger partial charge in [0, 0.05) is 25.6 Å². The highest BCUT2D eigenvalue weighted by atomic mass is 127. The van der Waals surface area contributed by atoms with Crippen molar-refractivity contribution in [3.63, 3.8) is 0 Å². The van der Waals surface area contributed by atoms with E-state index in [1.807, 2.05) is 12.1 Å². The van der Waals surface area contributed by atoms with Crippen molar-refractivity contribution in [1.82, 2.24) is 10.6 Å². The first-order valence-electron chi connectivity index (χ1n) is 9.90. The second kappa shape index (κ2) is 10.8. The number of hydrogen-bond donors (Lipinski definition) is 2. The zero-order valence-corrected chi connectivity index (χ0v) is 20.0. The monoisotopic (exact) mass is 509 g/mol. The Labute approximate surface area is 191 Å². The minimum atomic E-state index is -0.224. The van der Waals surface area contributed by atoms with Crippen molar-refractivity contribution < 1.29 is 9.47 Å². The quantitative estimate of drug-likeness (QED) is 0.334. The van der Waals surface area contributed by atoms with Gasteiger partial charge in [0.25, 0.3) is 0 Å². The van der Waals surface area contributed by atoms with Gasteiger partial charge < -0.3 is 20.1 Å². The Hall–Kier alpha value is -1.80. The number of halogens is 1. The maximum Gasteiger partial charge on any atom is 0.192 e. The molecule has 2 N–H and O–H groups in total. The van der Waals surface area contributed by atoms with Crippen molar-refractivity contribution in [3.05, 3.63) is 65.2 Å². The van der Waals surface area contributed by atoms with Crippen LogP contribution in [0.25, 0.3) is 0 Å². The largest absolute Gasteiger partial charge is 0.487 e. The summed E-state index contributed by atoms with van der Waals surface area (Å²) in [6.07, 6.45) is 0.873. The van der Waals surface area contributed by atoms with Crippen molar-refractivity contribution in [3.8, 4) is 5.75 Å². The van der Waals surface area contributed by atoms with Gasteiger partial charge in [0.05, 0.1) is 19.2 Å². The lowest BCUT2D eigenvalue weighted by Crippen LogP contribution is -2.45. The predicted octanol–water partition coefficient (Wildman–Crippen LogP) is 4.81. The minimum absolute atomic E-state index is 0. The smallest absolute Gasteiger partial charge is 0.192 e. The topological polar surface area (TPSA) is 54.9 Å². The van der Waals surface area contributed by atoms with Gasteiger partial charge >= 0.3 is 0 Å². The Bertz CT molecular complexity index is 823. The summed E-state index contributed by atoms with van der Waals surface area (Å²) in [5, 5.41) is 6.98. The summed E-state index contributed by atoms with van der Waals surface area (Å²) in [6, 6.07) is 16.7. The number of guanidine groups is 1. The molecule has 0 bridgehead atoms. The van der Waals surface area contributed by atoms with Gasteiger partial charge in [-0.15, -0.1) is 24.0 Å². The number of nitrogens with zero attached hydrogens (tertiary/aromatic N) is 1. The maximum absolute atomic E-state index is 6.14. The van der Waals surface area contributed by atoms with Gasteiger partial charge in [0.15, 0.2) is 5.96 Å². The number of para-hydroxylation sites is 1. The van der Waals surface area contributed by atoms with E-state index in [0.717, 1.165) is 30.2 Å². The Morgan fingerprint density at radius 2 is 1.93 bits per heavy atom. The number of hydrogen-bond acceptors (Lipinski definition) is 3. The molecule has 1 heterocycles. The van der Waals surface area contributed by atoms with Crippen molar-refractivity contribution in [2.45, 2.75) is 52.0 Å². The van der Waals surface area contributed by atoms with Crippen LogP contribution in [-0.4, -0.2) is 25.2 Å². The lowest BCUT2D eigenvalue weighted by molar-refractivity contribution is 0.0694. The first kappa shape index (κ1) is 23.5. The van der Waals surface area contributed by atoms with E-state index in [4.69, 9.17) is 14.5 Å². The highest BCUT2D eigenvalue weighted by Gasteiger charge is 2.33. The summed E-state index contributed by atoms with van der Waals surface area (Å²) in [4.78, 5) is 4.81. The molecule has 5 nitrogen and oxygen atoms in total. The molecule has 1 unspecified atom stereocenters. The molecule has 158 valence electrons. The summed E-state index contributed by atoms with van der Waals surface area (Å²) in [5.74, 6) is 1.76. The molecule has 6 heteroatoms. The van der Waals surface area contributed by atoms with Gasteiger partial charge in [-0.25, -0.2) is 4.99 Å². The molecular formula is C23H32IN3O2. The van der Waals surface area contributed by atoms with Crippen LogP contribution in [0.1, 0.15) is 49.9 Å². The van der Waals surface area contributed by atoms with Gasteiger partial charge in [0.2, 0.25) is 0 Å². The number of nitrogens with one attached hydrogen (secondary N) is 2. The van der Waals surface area contributed by atoms with Gasteiger partial charge in [0.1, 0.15) is 11.4 Å². The van der Waals surface area contributed by atoms with Crippen LogP contribution in [0, 0.1) is 0 Å². The van der Waals surface area contributed by atoms with E-state index >= 15 is 0 Å². The molecule has 0 saturated heterocycles. The SMILES string of the molecule is CCNC(=NCc1cccc(COC)c1)NC1CC(C)(C)Oc2ccccc21.I. The highest BCUT2D eigenvalue weighted by molar-refractivity contribution is 14.0. The summed E-state index contributed by atoms with van der Waals surface area (Å²) in [7, 11) is 1.71. The fourth-order valence-corrected chi connectivity index (χ4v) is 3.57. The molecular weight excluding hydrogens is 477 g/mol. The third kappa shape index (κ3) is 6.60. The Morgan fingerprint density at radius 3 is 2.69 bits per heavy atom. The van der Waals surface area contributed by atoms with Crippen molar-refractivity contribution in [2.24, 2.45) is 4.99 Å². The van der Waals surface area contributed by atoms with Crippen molar-refractivity contribution in [2.75, 3.05) is 13.7 Å². The molecule has 2 aromatic rings. The Balaban J connectivity index is 0.00000300. The molecule has 2 aromatic carbocycles. The standard InChI is InChI=1S/C23H31N3O2.HI/c1-5-24-22(25-15-17-9-8-10-18(13-17)16-27-4)26-20-14-23(2,3)28-21-12-7-6-11-19(20)21;/h6-13,20H,5,14-16H2,1-4H3,(H2,24,25,26);1H. The summed E-state index contributed by atoms with van der Waals surface area (Å²) < 4.78 is 11.4. The molecule has 1 atom stereocenters. The van der Waals surface area contributed by atoms with Crippen LogP contribution in [0.3, 0.4) is 0 Å². The van der Waals surface area contributed by atoms with Crippen LogP contribution < -0.4 is 15.4 Å². The van der Waals surface area contributed by atoms with E-state index in [0.29, 0.717) is 13.2 Å². The maximum atomic E-state index is 6.14. The van der Waals surface area contributed by atoms with E-state index < -0.39 is 0 Å². The van der Waals surface area contributed by atoms with E-state index in [2.05, 4.69) is 67.8 Å². The van der Waals surface area contributed by atoms with E-state index in [-0.39, 0.29) is 35.6 Å². The normalized spacial score (nSPS) is 17.5. The first-order chi connectivity index (χ1) is 13.5. The zero-order valence-electron chi connectivity index (χ0n) is 17.7. The average molecular weight is 509 g/mol. The van der Waals surface area contributed by atoms with Gasteiger partial charge in [-0.2, -0.15) is 0 Å². The molecule has 1 aliphatic rings. The number of ether oxygens (including phenoxy) is 2. The Morgan fingerprint density at radius 1 is 1.17 bits per heavy atom. The minimum Gasteiger partial charge on any atom is -0.487 e. The molecule has 0 amide bonds. The summed E-state index contributed by atoms with van der Waals surface area (Å²) in [6.45, 7) is 8.37. The number of fused-ring (bicyclic) bond motifs is 1. The second-order valence-electron chi connectivity index (χ2n) is 7.75. The molecule has 0 spiro atoms. The Kier molecular flexibility index (Phi) is 8.77. The van der Waals surface area contributed by atoms with Crippen LogP contribution in [0.15, 0.2) is 53.5 Å². The van der Waals surface area contributed by atoms with Crippen molar-refractivity contribution >= 4 is 29.9 Å². The summed E-state index contributed by atoms with van der Waals surface area (Å²) >= 11 is 0. The number of benzene rings is 2. The van der Waals surface area contributed by atoms with Gasteiger partial charge in [-0.1, -0.05) is 42.5 Å². The first-order valence-corrected chi connectivity index (χ1v) is 9.90. The zero-order chi connectivity index (χ0) is 20.0. The van der Waals surface area contributed by atoms with Crippen molar-refractivity contribution in [1.29, 1.82) is 0 Å². The molecule has 0 saturated carbocycles. The lowest BCUT2D eigenvalue weighted by atomic mass is 9.90. The molecule has 0 fully saturated rings. The molecule has 0 aromatic heterocycles. The molecule has 29 heavy (non-hydrogen) atoms. The van der Waals surface area contributed by atoms with E-state index in [9.17, 15) is 0 Å². The van der Waals surface area contributed by atoms with Gasteiger partial charge in [-0.3, -0.25) is 0 Å². The van der Waals surface area contributed by atoms with Crippen LogP contribution in [-0.2, 0) is 17.9 Å². The third-order valence-corrected chi connectivity index (χ3v) is 4.75. The molecule has 0 aliphatic carbocycles. The highest BCUT2D eigenvalue weighted by Crippen LogP contribution is 2.39. The van der Waals surface area contributed by atoms with Crippen LogP contribution in [0.4, 0.5) is 0 Å². The fraction of sp³-hybridized carbons (Fsp3) is 0.435. The van der Waals surface area contributed by atoms with Crippen LogP contribution in [0.5, 0.6) is 5.75 Å².